The van der Waals surface area contributed by atoms with Crippen molar-refractivity contribution in [1.82, 2.24) is 10.6 Å². The highest BCUT2D eigenvalue weighted by molar-refractivity contribution is 5.99. The van der Waals surface area contributed by atoms with Gasteiger partial charge in [-0.05, 0) is 61.9 Å². The van der Waals surface area contributed by atoms with Crippen molar-refractivity contribution in [1.29, 1.82) is 0 Å². The van der Waals surface area contributed by atoms with Crippen LogP contribution in [0.15, 0.2) is 18.2 Å². The number of rotatable bonds is 5. The molecule has 5 nitrogen and oxygen atoms in total. The van der Waals surface area contributed by atoms with Crippen LogP contribution in [0.1, 0.15) is 50.3 Å². The highest BCUT2D eigenvalue weighted by Gasteiger charge is 2.23. The fraction of sp³-hybridized carbons (Fsp3) is 0.579. The van der Waals surface area contributed by atoms with Gasteiger partial charge in [-0.15, -0.1) is 12.4 Å². The summed E-state index contributed by atoms with van der Waals surface area (Å²) in [6, 6.07) is 5.88. The summed E-state index contributed by atoms with van der Waals surface area (Å²) in [6.45, 7) is 6.29. The number of piperidine rings is 1. The quantitative estimate of drug-likeness (QED) is 0.751. The van der Waals surface area contributed by atoms with E-state index in [1.807, 2.05) is 25.1 Å². The second-order valence-electron chi connectivity index (χ2n) is 7.22. The van der Waals surface area contributed by atoms with Gasteiger partial charge in [0.25, 0.3) is 0 Å². The van der Waals surface area contributed by atoms with E-state index in [1.165, 1.54) is 12.8 Å². The second kappa shape index (κ2) is 8.68. The molecule has 2 aliphatic heterocycles. The first-order chi connectivity index (χ1) is 11.5. The van der Waals surface area contributed by atoms with Gasteiger partial charge in [0.2, 0.25) is 11.8 Å². The van der Waals surface area contributed by atoms with Gasteiger partial charge in [0.1, 0.15) is 0 Å². The molecule has 1 saturated heterocycles. The third kappa shape index (κ3) is 4.95. The Morgan fingerprint density at radius 3 is 2.88 bits per heavy atom. The van der Waals surface area contributed by atoms with E-state index in [0.29, 0.717) is 24.7 Å². The molecule has 0 aromatic heterocycles. The number of benzene rings is 1. The Balaban J connectivity index is 0.00000225. The number of carbonyl (C=O) groups is 2. The molecule has 6 heteroatoms. The van der Waals surface area contributed by atoms with Crippen molar-refractivity contribution in [3.63, 3.8) is 0 Å². The van der Waals surface area contributed by atoms with Crippen LogP contribution in [0.4, 0.5) is 5.69 Å². The van der Waals surface area contributed by atoms with Crippen molar-refractivity contribution in [3.05, 3.63) is 29.3 Å². The fourth-order valence-electron chi connectivity index (χ4n) is 3.73. The molecule has 1 aromatic rings. The number of hydrogen-bond acceptors (Lipinski definition) is 3. The molecule has 0 aliphatic carbocycles. The maximum Gasteiger partial charge on any atom is 0.228 e. The Kier molecular flexibility index (Phi) is 6.85. The van der Waals surface area contributed by atoms with E-state index in [0.717, 1.165) is 29.9 Å². The molecule has 0 saturated carbocycles. The number of nitrogens with one attached hydrogen (secondary N) is 3. The summed E-state index contributed by atoms with van der Waals surface area (Å²) in [6.07, 6.45) is 3.41. The Morgan fingerprint density at radius 2 is 2.16 bits per heavy atom. The predicted molar refractivity (Wildman–Crippen MR) is 102 cm³/mol. The smallest absolute Gasteiger partial charge is 0.228 e. The van der Waals surface area contributed by atoms with Gasteiger partial charge in [0.15, 0.2) is 0 Å². The number of hydrogen-bond donors (Lipinski definition) is 3. The average Bonchev–Trinajstić information content (AvgIpc) is 2.94. The van der Waals surface area contributed by atoms with Gasteiger partial charge in [-0.25, -0.2) is 0 Å². The molecular weight excluding hydrogens is 338 g/mol. The lowest BCUT2D eigenvalue weighted by molar-refractivity contribution is -0.123. The molecule has 1 fully saturated rings. The molecule has 3 atom stereocenters. The second-order valence-corrected chi connectivity index (χ2v) is 7.22. The lowest BCUT2D eigenvalue weighted by Crippen LogP contribution is -2.36. The van der Waals surface area contributed by atoms with Crippen LogP contribution in [0.25, 0.3) is 0 Å². The van der Waals surface area contributed by atoms with Crippen molar-refractivity contribution in [2.45, 2.75) is 45.6 Å². The Hall–Kier alpha value is -1.59. The lowest BCUT2D eigenvalue weighted by Gasteiger charge is -2.28. The van der Waals surface area contributed by atoms with Gasteiger partial charge in [0.05, 0.1) is 12.5 Å². The minimum atomic E-state index is -0.0461. The van der Waals surface area contributed by atoms with Gasteiger partial charge in [-0.1, -0.05) is 19.1 Å². The summed E-state index contributed by atoms with van der Waals surface area (Å²) in [5.41, 5.74) is 2.95. The van der Waals surface area contributed by atoms with Gasteiger partial charge in [-0.3, -0.25) is 9.59 Å². The predicted octanol–water partition coefficient (Wildman–Crippen LogP) is 2.81. The van der Waals surface area contributed by atoms with E-state index in [4.69, 9.17) is 0 Å². The maximum absolute atomic E-state index is 12.4. The zero-order valence-corrected chi connectivity index (χ0v) is 15.7. The zero-order valence-electron chi connectivity index (χ0n) is 14.9. The van der Waals surface area contributed by atoms with E-state index >= 15 is 0 Å². The number of amides is 2. The molecular formula is C19H28ClN3O2. The van der Waals surface area contributed by atoms with Crippen LogP contribution in [-0.2, 0) is 16.0 Å². The van der Waals surface area contributed by atoms with E-state index in [9.17, 15) is 9.59 Å². The third-order valence-electron chi connectivity index (χ3n) is 5.28. The molecule has 3 unspecified atom stereocenters. The minimum absolute atomic E-state index is 0. The van der Waals surface area contributed by atoms with Crippen LogP contribution in [0.2, 0.25) is 0 Å². The summed E-state index contributed by atoms with van der Waals surface area (Å²) >= 11 is 0. The molecule has 2 aliphatic rings. The van der Waals surface area contributed by atoms with Crippen LogP contribution in [-0.4, -0.2) is 24.9 Å². The first-order valence-electron chi connectivity index (χ1n) is 8.95. The Morgan fingerprint density at radius 1 is 1.36 bits per heavy atom. The highest BCUT2D eigenvalue weighted by atomic mass is 35.5. The third-order valence-corrected chi connectivity index (χ3v) is 5.28. The molecule has 3 rings (SSSR count). The van der Waals surface area contributed by atoms with Gasteiger partial charge >= 0.3 is 0 Å². The van der Waals surface area contributed by atoms with Crippen molar-refractivity contribution in [2.24, 2.45) is 11.8 Å². The number of anilines is 1. The van der Waals surface area contributed by atoms with E-state index < -0.39 is 0 Å². The van der Waals surface area contributed by atoms with Crippen LogP contribution in [0, 0.1) is 11.8 Å². The molecule has 1 aromatic carbocycles. The summed E-state index contributed by atoms with van der Waals surface area (Å²) in [5.74, 6) is 1.13. The van der Waals surface area contributed by atoms with E-state index in [-0.39, 0.29) is 30.3 Å². The molecule has 138 valence electrons. The normalized spacial score (nSPS) is 21.5. The fourth-order valence-corrected chi connectivity index (χ4v) is 3.73. The molecule has 0 spiro atoms. The zero-order chi connectivity index (χ0) is 17.1. The first-order valence-corrected chi connectivity index (χ1v) is 8.95. The summed E-state index contributed by atoms with van der Waals surface area (Å²) in [5, 5.41) is 9.36. The number of halogens is 1. The van der Waals surface area contributed by atoms with Crippen LogP contribution >= 0.6 is 12.4 Å². The standard InChI is InChI=1S/C19H27N3O2.ClH/c1-12(15-4-3-7-20-11-15)8-18(23)21-13(2)14-5-6-17-16(9-14)10-19(24)22-17;/h5-6,9,12-13,15,20H,3-4,7-8,10-11H2,1-2H3,(H,21,23)(H,22,24);1H. The number of carbonyl (C=O) groups excluding carboxylic acids is 2. The molecule has 2 amide bonds. The van der Waals surface area contributed by atoms with Crippen LogP contribution in [0.3, 0.4) is 0 Å². The Bertz CT molecular complexity index is 629. The molecule has 0 radical (unpaired) electrons. The molecule has 25 heavy (non-hydrogen) atoms. The number of fused-ring (bicyclic) bond motifs is 1. The SMILES string of the molecule is CC(NC(=O)CC(C)C1CCCNC1)c1ccc2c(c1)CC(=O)N2.Cl. The maximum atomic E-state index is 12.4. The van der Waals surface area contributed by atoms with Gasteiger partial charge in [-0.2, -0.15) is 0 Å². The minimum Gasteiger partial charge on any atom is -0.350 e. The monoisotopic (exact) mass is 365 g/mol. The van der Waals surface area contributed by atoms with Crippen molar-refractivity contribution in [3.8, 4) is 0 Å². The van der Waals surface area contributed by atoms with Crippen LogP contribution in [0.5, 0.6) is 0 Å². The van der Waals surface area contributed by atoms with Gasteiger partial charge < -0.3 is 16.0 Å². The summed E-state index contributed by atoms with van der Waals surface area (Å²) in [7, 11) is 0. The van der Waals surface area contributed by atoms with Crippen molar-refractivity contribution < 1.29 is 9.59 Å². The molecule has 2 heterocycles. The summed E-state index contributed by atoms with van der Waals surface area (Å²) < 4.78 is 0. The first kappa shape index (κ1) is 19.7. The van der Waals surface area contributed by atoms with E-state index in [2.05, 4.69) is 22.9 Å². The van der Waals surface area contributed by atoms with Crippen molar-refractivity contribution >= 4 is 29.9 Å². The molecule has 0 bridgehead atoms. The largest absolute Gasteiger partial charge is 0.350 e. The van der Waals surface area contributed by atoms with Crippen LogP contribution < -0.4 is 16.0 Å². The lowest BCUT2D eigenvalue weighted by atomic mass is 9.85. The average molecular weight is 366 g/mol. The topological polar surface area (TPSA) is 70.2 Å². The van der Waals surface area contributed by atoms with Gasteiger partial charge in [0, 0.05) is 12.1 Å². The van der Waals surface area contributed by atoms with Crippen molar-refractivity contribution in [2.75, 3.05) is 18.4 Å². The summed E-state index contributed by atoms with van der Waals surface area (Å²) in [4.78, 5) is 23.8. The van der Waals surface area contributed by atoms with E-state index in [1.54, 1.807) is 0 Å². The highest BCUT2D eigenvalue weighted by Crippen LogP contribution is 2.27. The Labute approximate surface area is 155 Å². The molecule has 3 N–H and O–H groups in total.